The van der Waals surface area contributed by atoms with E-state index >= 15 is 0 Å². The van der Waals surface area contributed by atoms with Crippen LogP contribution in [0.1, 0.15) is 22.8 Å². The number of hydrogen-bond donors (Lipinski definition) is 1. The topological polar surface area (TPSA) is 72.6 Å². The summed E-state index contributed by atoms with van der Waals surface area (Å²) in [6.07, 6.45) is 0. The van der Waals surface area contributed by atoms with Crippen molar-refractivity contribution in [2.24, 2.45) is 0 Å². The minimum Gasteiger partial charge on any atom is -0.468 e. The van der Waals surface area contributed by atoms with Crippen LogP contribution in [0.4, 0.5) is 5.69 Å². The Balaban J connectivity index is 2.93. The zero-order valence-corrected chi connectivity index (χ0v) is 10.9. The van der Waals surface area contributed by atoms with Gasteiger partial charge in [0.15, 0.2) is 0 Å². The number of nitrogens with zero attached hydrogens (tertiary/aromatic N) is 1. The van der Waals surface area contributed by atoms with Gasteiger partial charge < -0.3 is 15.4 Å². The Hall–Kier alpha value is -2.04. The summed E-state index contributed by atoms with van der Waals surface area (Å²) in [4.78, 5) is 24.9. The third-order valence-corrected chi connectivity index (χ3v) is 2.70. The van der Waals surface area contributed by atoms with Gasteiger partial charge in [-0.3, -0.25) is 9.59 Å². The van der Waals surface area contributed by atoms with Crippen LogP contribution in [0.15, 0.2) is 18.2 Å². The minimum absolute atomic E-state index is 0.0460. The molecular weight excluding hydrogens is 232 g/mol. The van der Waals surface area contributed by atoms with Gasteiger partial charge in [-0.05, 0) is 37.6 Å². The molecule has 18 heavy (non-hydrogen) atoms. The number of anilines is 1. The minimum atomic E-state index is -0.432. The molecule has 0 heterocycles. The second kappa shape index (κ2) is 6.05. The molecule has 0 saturated heterocycles. The molecule has 0 bridgehead atoms. The number of methoxy groups -OCH3 is 1. The van der Waals surface area contributed by atoms with Gasteiger partial charge >= 0.3 is 5.97 Å². The van der Waals surface area contributed by atoms with Crippen LogP contribution in [0.5, 0.6) is 0 Å². The van der Waals surface area contributed by atoms with E-state index in [2.05, 4.69) is 4.74 Å². The maximum absolute atomic E-state index is 12.2. The molecule has 0 aliphatic carbocycles. The predicted molar refractivity (Wildman–Crippen MR) is 69.2 cm³/mol. The van der Waals surface area contributed by atoms with Gasteiger partial charge in [0.05, 0.1) is 7.11 Å². The van der Waals surface area contributed by atoms with Crippen molar-refractivity contribution < 1.29 is 14.3 Å². The molecule has 0 aliphatic rings. The maximum atomic E-state index is 12.2. The summed E-state index contributed by atoms with van der Waals surface area (Å²) in [5.41, 5.74) is 7.60. The fraction of sp³-hybridized carbons (Fsp3) is 0.385. The van der Waals surface area contributed by atoms with E-state index in [4.69, 9.17) is 5.73 Å². The number of rotatable bonds is 4. The highest BCUT2D eigenvalue weighted by Crippen LogP contribution is 2.14. The third-order valence-electron chi connectivity index (χ3n) is 2.70. The smallest absolute Gasteiger partial charge is 0.325 e. The van der Waals surface area contributed by atoms with E-state index in [9.17, 15) is 9.59 Å². The summed E-state index contributed by atoms with van der Waals surface area (Å²) in [5, 5.41) is 0. The first-order valence-electron chi connectivity index (χ1n) is 5.71. The van der Waals surface area contributed by atoms with E-state index in [1.54, 1.807) is 18.2 Å². The zero-order valence-electron chi connectivity index (χ0n) is 10.9. The van der Waals surface area contributed by atoms with Crippen LogP contribution in [0, 0.1) is 6.92 Å². The number of carbonyl (C=O) groups is 2. The largest absolute Gasteiger partial charge is 0.468 e. The summed E-state index contributed by atoms with van der Waals surface area (Å²) in [6, 6.07) is 5.08. The van der Waals surface area contributed by atoms with E-state index < -0.39 is 5.97 Å². The summed E-state index contributed by atoms with van der Waals surface area (Å²) in [6.45, 7) is 4.02. The van der Waals surface area contributed by atoms with E-state index in [0.29, 0.717) is 17.8 Å². The van der Waals surface area contributed by atoms with E-state index in [1.807, 2.05) is 13.8 Å². The lowest BCUT2D eigenvalue weighted by Gasteiger charge is -2.20. The number of carbonyl (C=O) groups excluding carboxylic acids is 2. The molecule has 1 rings (SSSR count). The molecular formula is C13H18N2O3. The molecule has 0 radical (unpaired) electrons. The van der Waals surface area contributed by atoms with Crippen LogP contribution in [0.25, 0.3) is 0 Å². The van der Waals surface area contributed by atoms with E-state index in [1.165, 1.54) is 12.0 Å². The maximum Gasteiger partial charge on any atom is 0.325 e. The molecule has 0 fully saturated rings. The second-order valence-electron chi connectivity index (χ2n) is 3.97. The Morgan fingerprint density at radius 2 is 2.06 bits per heavy atom. The number of benzene rings is 1. The first-order valence-corrected chi connectivity index (χ1v) is 5.71. The summed E-state index contributed by atoms with van der Waals surface area (Å²) < 4.78 is 4.57. The SMILES string of the molecule is CCN(CC(=O)OC)C(=O)c1ccc(N)cc1C. The Kier molecular flexibility index (Phi) is 4.71. The van der Waals surface area contributed by atoms with Gasteiger partial charge in [0.2, 0.25) is 0 Å². The normalized spacial score (nSPS) is 9.94. The van der Waals surface area contributed by atoms with Crippen molar-refractivity contribution in [3.63, 3.8) is 0 Å². The zero-order chi connectivity index (χ0) is 13.7. The highest BCUT2D eigenvalue weighted by atomic mass is 16.5. The Labute approximate surface area is 107 Å². The van der Waals surface area contributed by atoms with Crippen molar-refractivity contribution >= 4 is 17.6 Å². The molecule has 0 spiro atoms. The van der Waals surface area contributed by atoms with Crippen molar-refractivity contribution in [1.82, 2.24) is 4.90 Å². The van der Waals surface area contributed by atoms with Crippen molar-refractivity contribution in [3.8, 4) is 0 Å². The molecule has 98 valence electrons. The molecule has 0 unspecified atom stereocenters. The molecule has 5 nitrogen and oxygen atoms in total. The molecule has 1 aromatic rings. The molecule has 2 N–H and O–H groups in total. The summed E-state index contributed by atoms with van der Waals surface area (Å²) in [7, 11) is 1.30. The van der Waals surface area contributed by atoms with Gasteiger partial charge in [-0.25, -0.2) is 0 Å². The van der Waals surface area contributed by atoms with Crippen LogP contribution >= 0.6 is 0 Å². The standard InChI is InChI=1S/C13H18N2O3/c1-4-15(8-12(16)18-3)13(17)11-6-5-10(14)7-9(11)2/h5-7H,4,8,14H2,1-3H3. The Morgan fingerprint density at radius 1 is 1.39 bits per heavy atom. The van der Waals surface area contributed by atoms with Gasteiger partial charge in [0, 0.05) is 17.8 Å². The number of ether oxygens (including phenoxy) is 1. The summed E-state index contributed by atoms with van der Waals surface area (Å²) in [5.74, 6) is -0.626. The number of nitrogens with two attached hydrogens (primary N) is 1. The highest BCUT2D eigenvalue weighted by Gasteiger charge is 2.19. The Bertz CT molecular complexity index is 458. The lowest BCUT2D eigenvalue weighted by molar-refractivity contribution is -0.141. The van der Waals surface area contributed by atoms with E-state index in [0.717, 1.165) is 5.56 Å². The number of hydrogen-bond acceptors (Lipinski definition) is 4. The summed E-state index contributed by atoms with van der Waals surface area (Å²) >= 11 is 0. The average molecular weight is 250 g/mol. The molecule has 0 atom stereocenters. The van der Waals surface area contributed by atoms with Gasteiger partial charge in [-0.15, -0.1) is 0 Å². The predicted octanol–water partition coefficient (Wildman–Crippen LogP) is 1.21. The van der Waals surface area contributed by atoms with Gasteiger partial charge in [-0.1, -0.05) is 0 Å². The van der Waals surface area contributed by atoms with Gasteiger partial charge in [-0.2, -0.15) is 0 Å². The highest BCUT2D eigenvalue weighted by molar-refractivity contribution is 5.97. The first-order chi connectivity index (χ1) is 8.49. The van der Waals surface area contributed by atoms with Crippen LogP contribution in [0.3, 0.4) is 0 Å². The van der Waals surface area contributed by atoms with Crippen LogP contribution in [-0.2, 0) is 9.53 Å². The number of nitrogen functional groups attached to an aromatic ring is 1. The Morgan fingerprint density at radius 3 is 2.56 bits per heavy atom. The van der Waals surface area contributed by atoms with Gasteiger partial charge in [0.25, 0.3) is 5.91 Å². The molecule has 0 saturated carbocycles. The van der Waals surface area contributed by atoms with E-state index in [-0.39, 0.29) is 12.5 Å². The number of likely N-dealkylation sites (N-methyl/N-ethyl adjacent to an activating group) is 1. The third kappa shape index (κ3) is 3.23. The molecule has 1 aromatic carbocycles. The number of aryl methyl sites for hydroxylation is 1. The number of amides is 1. The average Bonchev–Trinajstić information content (AvgIpc) is 2.34. The van der Waals surface area contributed by atoms with Crippen molar-refractivity contribution in [1.29, 1.82) is 0 Å². The molecule has 0 aromatic heterocycles. The first kappa shape index (κ1) is 14.0. The monoisotopic (exact) mass is 250 g/mol. The van der Waals surface area contributed by atoms with Crippen LogP contribution in [-0.4, -0.2) is 37.0 Å². The quantitative estimate of drug-likeness (QED) is 0.644. The lowest BCUT2D eigenvalue weighted by Crippen LogP contribution is -2.36. The van der Waals surface area contributed by atoms with Crippen molar-refractivity contribution in [3.05, 3.63) is 29.3 Å². The fourth-order valence-electron chi connectivity index (χ4n) is 1.64. The van der Waals surface area contributed by atoms with Crippen molar-refractivity contribution in [2.45, 2.75) is 13.8 Å². The molecule has 0 aliphatic heterocycles. The lowest BCUT2D eigenvalue weighted by atomic mass is 10.1. The second-order valence-corrected chi connectivity index (χ2v) is 3.97. The molecule has 1 amide bonds. The van der Waals surface area contributed by atoms with Gasteiger partial charge in [0.1, 0.15) is 6.54 Å². The fourth-order valence-corrected chi connectivity index (χ4v) is 1.64. The van der Waals surface area contributed by atoms with Crippen LogP contribution < -0.4 is 5.73 Å². The van der Waals surface area contributed by atoms with Crippen molar-refractivity contribution in [2.75, 3.05) is 25.9 Å². The molecule has 5 heteroatoms. The van der Waals surface area contributed by atoms with Crippen LogP contribution in [0.2, 0.25) is 0 Å². The number of esters is 1.